The third-order valence-electron chi connectivity index (χ3n) is 4.65. The summed E-state index contributed by atoms with van der Waals surface area (Å²) in [4.78, 5) is 4.88. The summed E-state index contributed by atoms with van der Waals surface area (Å²) in [6.07, 6.45) is 0. The Morgan fingerprint density at radius 1 is 1.00 bits per heavy atom. The minimum absolute atomic E-state index is 0.290. The molecule has 0 N–H and O–H groups in total. The molecule has 1 saturated heterocycles. The third kappa shape index (κ3) is 3.20. The van der Waals surface area contributed by atoms with E-state index in [0.29, 0.717) is 13.3 Å². The van der Waals surface area contributed by atoms with Crippen molar-refractivity contribution in [3.8, 4) is 11.5 Å². The average molecular weight is 330 g/mol. The Balaban J connectivity index is 1.41. The van der Waals surface area contributed by atoms with Crippen LogP contribution >= 0.6 is 0 Å². The van der Waals surface area contributed by atoms with Crippen molar-refractivity contribution in [2.45, 2.75) is 20.0 Å². The third-order valence-corrected chi connectivity index (χ3v) is 4.65. The lowest BCUT2D eigenvalue weighted by Crippen LogP contribution is -2.45. The van der Waals surface area contributed by atoms with Crippen molar-refractivity contribution >= 4 is 0 Å². The van der Waals surface area contributed by atoms with Gasteiger partial charge in [-0.05, 0) is 34.7 Å². The molecule has 24 heavy (non-hydrogen) atoms. The summed E-state index contributed by atoms with van der Waals surface area (Å²) in [5.41, 5.74) is 1.10. The second-order valence-electron chi connectivity index (χ2n) is 6.15. The number of ether oxygens (including phenoxy) is 2. The summed E-state index contributed by atoms with van der Waals surface area (Å²) in [6, 6.07) is 5.96. The zero-order valence-electron chi connectivity index (χ0n) is 13.9. The first-order valence-electron chi connectivity index (χ1n) is 8.40. The molecule has 2 aliphatic heterocycles. The van der Waals surface area contributed by atoms with Crippen molar-refractivity contribution in [1.29, 1.82) is 0 Å². The summed E-state index contributed by atoms with van der Waals surface area (Å²) in [5.74, 6) is 2.49. The van der Waals surface area contributed by atoms with Crippen molar-refractivity contribution in [3.63, 3.8) is 0 Å². The van der Waals surface area contributed by atoms with Gasteiger partial charge in [0.2, 0.25) is 6.79 Å². The van der Waals surface area contributed by atoms with Gasteiger partial charge in [-0.25, -0.2) is 4.68 Å². The zero-order chi connectivity index (χ0) is 16.4. The van der Waals surface area contributed by atoms with Crippen molar-refractivity contribution < 1.29 is 9.47 Å². The number of benzene rings is 1. The second kappa shape index (κ2) is 6.74. The monoisotopic (exact) mass is 330 g/mol. The standard InChI is InChI=1S/C16H22N6O2/c1-2-20-5-7-21(8-6-20)11-16-17-18-19-22(16)10-13-3-4-14-15(9-13)24-12-23-14/h3-4,9H,2,5-8,10-12H2,1H3. The molecule has 0 amide bonds. The maximum atomic E-state index is 5.43. The number of rotatable bonds is 5. The van der Waals surface area contributed by atoms with Crippen LogP contribution in [0.2, 0.25) is 0 Å². The minimum atomic E-state index is 0.290. The molecule has 8 nitrogen and oxygen atoms in total. The van der Waals surface area contributed by atoms with E-state index in [1.165, 1.54) is 0 Å². The molecular formula is C16H22N6O2. The molecule has 2 aromatic rings. The lowest BCUT2D eigenvalue weighted by Gasteiger charge is -2.33. The number of hydrogen-bond donors (Lipinski definition) is 0. The van der Waals surface area contributed by atoms with Gasteiger partial charge in [-0.15, -0.1) is 5.10 Å². The van der Waals surface area contributed by atoms with Crippen LogP contribution in [-0.2, 0) is 13.1 Å². The quantitative estimate of drug-likeness (QED) is 0.794. The molecule has 8 heteroatoms. The summed E-state index contributed by atoms with van der Waals surface area (Å²) in [7, 11) is 0. The summed E-state index contributed by atoms with van der Waals surface area (Å²) in [5, 5.41) is 12.2. The van der Waals surface area contributed by atoms with Crippen LogP contribution in [0, 0.1) is 0 Å². The fraction of sp³-hybridized carbons (Fsp3) is 0.562. The highest BCUT2D eigenvalue weighted by atomic mass is 16.7. The Hall–Kier alpha value is -2.19. The van der Waals surface area contributed by atoms with Gasteiger partial charge < -0.3 is 14.4 Å². The molecule has 0 atom stereocenters. The fourth-order valence-electron chi connectivity index (χ4n) is 3.14. The molecule has 2 aliphatic rings. The van der Waals surface area contributed by atoms with Gasteiger partial charge in [0.1, 0.15) is 0 Å². The van der Waals surface area contributed by atoms with Crippen LogP contribution in [0.25, 0.3) is 0 Å². The van der Waals surface area contributed by atoms with E-state index in [-0.39, 0.29) is 0 Å². The molecule has 0 spiro atoms. The van der Waals surface area contributed by atoms with Gasteiger partial charge >= 0.3 is 0 Å². The van der Waals surface area contributed by atoms with Gasteiger partial charge in [0.25, 0.3) is 0 Å². The molecule has 128 valence electrons. The maximum absolute atomic E-state index is 5.43. The van der Waals surface area contributed by atoms with E-state index in [1.807, 2.05) is 22.9 Å². The van der Waals surface area contributed by atoms with E-state index in [0.717, 1.165) is 62.2 Å². The van der Waals surface area contributed by atoms with Crippen LogP contribution in [0.4, 0.5) is 0 Å². The zero-order valence-corrected chi connectivity index (χ0v) is 13.9. The van der Waals surface area contributed by atoms with Gasteiger partial charge in [0, 0.05) is 26.2 Å². The van der Waals surface area contributed by atoms with Gasteiger partial charge in [0.05, 0.1) is 13.1 Å². The maximum Gasteiger partial charge on any atom is 0.231 e. The minimum Gasteiger partial charge on any atom is -0.454 e. The molecule has 4 rings (SSSR count). The molecule has 1 aromatic carbocycles. The summed E-state index contributed by atoms with van der Waals surface area (Å²) in [6.45, 7) is 9.38. The number of piperazine rings is 1. The molecule has 1 fully saturated rings. The first-order valence-corrected chi connectivity index (χ1v) is 8.40. The predicted molar refractivity (Wildman–Crippen MR) is 86.9 cm³/mol. The van der Waals surface area contributed by atoms with Crippen LogP contribution in [0.3, 0.4) is 0 Å². The SMILES string of the molecule is CCN1CCN(Cc2nnnn2Cc2ccc3c(c2)OCO3)CC1. The van der Waals surface area contributed by atoms with E-state index in [4.69, 9.17) is 9.47 Å². The van der Waals surface area contributed by atoms with Crippen LogP contribution in [-0.4, -0.2) is 69.5 Å². The highest BCUT2D eigenvalue weighted by Crippen LogP contribution is 2.32. The van der Waals surface area contributed by atoms with E-state index in [2.05, 4.69) is 32.2 Å². The Labute approximate surface area is 140 Å². The van der Waals surface area contributed by atoms with E-state index >= 15 is 0 Å². The highest BCUT2D eigenvalue weighted by Gasteiger charge is 2.19. The number of nitrogens with zero attached hydrogens (tertiary/aromatic N) is 6. The first kappa shape index (κ1) is 15.3. The largest absolute Gasteiger partial charge is 0.454 e. The van der Waals surface area contributed by atoms with Gasteiger partial charge in [0.15, 0.2) is 17.3 Å². The molecule has 0 radical (unpaired) electrons. The summed E-state index contributed by atoms with van der Waals surface area (Å²) >= 11 is 0. The molecule has 0 saturated carbocycles. The first-order chi connectivity index (χ1) is 11.8. The number of hydrogen-bond acceptors (Lipinski definition) is 7. The van der Waals surface area contributed by atoms with Crippen LogP contribution in [0.15, 0.2) is 18.2 Å². The lowest BCUT2D eigenvalue weighted by molar-refractivity contribution is 0.128. The molecule has 0 bridgehead atoms. The molecular weight excluding hydrogens is 308 g/mol. The van der Waals surface area contributed by atoms with E-state index in [9.17, 15) is 0 Å². The molecule has 0 aliphatic carbocycles. The van der Waals surface area contributed by atoms with Crippen LogP contribution < -0.4 is 9.47 Å². The van der Waals surface area contributed by atoms with Crippen molar-refractivity contribution in [3.05, 3.63) is 29.6 Å². The van der Waals surface area contributed by atoms with Crippen molar-refractivity contribution in [1.82, 2.24) is 30.0 Å². The normalized spacial score (nSPS) is 18.2. The number of aromatic nitrogens is 4. The van der Waals surface area contributed by atoms with Crippen LogP contribution in [0.1, 0.15) is 18.3 Å². The van der Waals surface area contributed by atoms with Gasteiger partial charge in [-0.3, -0.25) is 4.90 Å². The Morgan fingerprint density at radius 3 is 2.62 bits per heavy atom. The number of fused-ring (bicyclic) bond motifs is 1. The van der Waals surface area contributed by atoms with Crippen LogP contribution in [0.5, 0.6) is 11.5 Å². The molecule has 0 unspecified atom stereocenters. The smallest absolute Gasteiger partial charge is 0.231 e. The van der Waals surface area contributed by atoms with E-state index in [1.54, 1.807) is 0 Å². The lowest BCUT2D eigenvalue weighted by atomic mass is 10.2. The molecule has 1 aromatic heterocycles. The predicted octanol–water partition coefficient (Wildman–Crippen LogP) is 0.588. The highest BCUT2D eigenvalue weighted by molar-refractivity contribution is 5.44. The van der Waals surface area contributed by atoms with Gasteiger partial charge in [-0.2, -0.15) is 0 Å². The number of likely N-dealkylation sites (N-methyl/N-ethyl adjacent to an activating group) is 1. The second-order valence-corrected chi connectivity index (χ2v) is 6.15. The van der Waals surface area contributed by atoms with E-state index < -0.39 is 0 Å². The Morgan fingerprint density at radius 2 is 1.79 bits per heavy atom. The summed E-state index contributed by atoms with van der Waals surface area (Å²) < 4.78 is 12.7. The Kier molecular flexibility index (Phi) is 4.31. The van der Waals surface area contributed by atoms with Gasteiger partial charge in [-0.1, -0.05) is 13.0 Å². The molecule has 3 heterocycles. The topological polar surface area (TPSA) is 68.5 Å². The Bertz CT molecular complexity index is 696. The fourth-order valence-corrected chi connectivity index (χ4v) is 3.14. The van der Waals surface area contributed by atoms with Crippen molar-refractivity contribution in [2.75, 3.05) is 39.5 Å². The van der Waals surface area contributed by atoms with Crippen molar-refractivity contribution in [2.24, 2.45) is 0 Å². The number of tetrazole rings is 1. The average Bonchev–Trinajstić information content (AvgIpc) is 3.25.